The SMILES string of the molecule is CC(C)n1ncc(NCC(C)(C)NS(C)(=O)=O)c(Br)c1=O. The Labute approximate surface area is 133 Å². The normalized spacial score (nSPS) is 12.7. The zero-order valence-corrected chi connectivity index (χ0v) is 15.2. The molecule has 1 heterocycles. The highest BCUT2D eigenvalue weighted by atomic mass is 79.9. The van der Waals surface area contributed by atoms with Crippen molar-refractivity contribution in [2.24, 2.45) is 0 Å². The number of nitrogens with one attached hydrogen (secondary N) is 2. The third-order valence-electron chi connectivity index (χ3n) is 2.62. The van der Waals surface area contributed by atoms with Gasteiger partial charge in [-0.3, -0.25) is 4.79 Å². The second-order valence-electron chi connectivity index (χ2n) is 5.83. The molecule has 1 aromatic heterocycles. The van der Waals surface area contributed by atoms with Crippen LogP contribution in [0.1, 0.15) is 33.7 Å². The lowest BCUT2D eigenvalue weighted by Gasteiger charge is -2.26. The van der Waals surface area contributed by atoms with Crippen molar-refractivity contribution >= 4 is 31.6 Å². The van der Waals surface area contributed by atoms with Crippen molar-refractivity contribution in [3.63, 3.8) is 0 Å². The molecule has 0 aliphatic heterocycles. The summed E-state index contributed by atoms with van der Waals surface area (Å²) in [6.45, 7) is 7.54. The van der Waals surface area contributed by atoms with Gasteiger partial charge in [0.25, 0.3) is 5.56 Å². The first-order valence-corrected chi connectivity index (χ1v) is 9.11. The number of nitrogens with zero attached hydrogens (tertiary/aromatic N) is 2. The summed E-state index contributed by atoms with van der Waals surface area (Å²) in [5.41, 5.74) is -0.399. The van der Waals surface area contributed by atoms with E-state index in [1.165, 1.54) is 4.68 Å². The van der Waals surface area contributed by atoms with Crippen LogP contribution in [0.3, 0.4) is 0 Å². The molecule has 0 bridgehead atoms. The fourth-order valence-electron chi connectivity index (χ4n) is 1.79. The zero-order chi connectivity index (χ0) is 16.4. The topological polar surface area (TPSA) is 93.1 Å². The molecule has 0 aromatic carbocycles. The third-order valence-corrected chi connectivity index (χ3v) is 4.30. The Balaban J connectivity index is 2.91. The maximum atomic E-state index is 12.1. The van der Waals surface area contributed by atoms with E-state index in [-0.39, 0.29) is 11.6 Å². The average Bonchev–Trinajstić information content (AvgIpc) is 2.27. The molecule has 0 unspecified atom stereocenters. The number of hydrogen-bond acceptors (Lipinski definition) is 5. The van der Waals surface area contributed by atoms with Crippen molar-refractivity contribution in [1.29, 1.82) is 0 Å². The van der Waals surface area contributed by atoms with Gasteiger partial charge in [0.15, 0.2) is 0 Å². The minimum absolute atomic E-state index is 0.0359. The van der Waals surface area contributed by atoms with Gasteiger partial charge in [0.2, 0.25) is 10.0 Å². The monoisotopic (exact) mass is 380 g/mol. The molecule has 0 saturated heterocycles. The van der Waals surface area contributed by atoms with Gasteiger partial charge >= 0.3 is 0 Å². The van der Waals surface area contributed by atoms with E-state index in [1.807, 2.05) is 13.8 Å². The minimum Gasteiger partial charge on any atom is -0.381 e. The predicted octanol–water partition coefficient (Wildman–Crippen LogP) is 1.33. The van der Waals surface area contributed by atoms with E-state index >= 15 is 0 Å². The largest absolute Gasteiger partial charge is 0.381 e. The molecule has 9 heteroatoms. The van der Waals surface area contributed by atoms with Crippen LogP contribution in [0.25, 0.3) is 0 Å². The van der Waals surface area contributed by atoms with E-state index in [1.54, 1.807) is 20.0 Å². The first-order chi connectivity index (χ1) is 9.43. The number of halogens is 1. The molecule has 21 heavy (non-hydrogen) atoms. The summed E-state index contributed by atoms with van der Waals surface area (Å²) in [6.07, 6.45) is 2.65. The van der Waals surface area contributed by atoms with Gasteiger partial charge in [0.05, 0.1) is 24.2 Å². The van der Waals surface area contributed by atoms with E-state index in [9.17, 15) is 13.2 Å². The Bertz CT molecular complexity index is 668. The minimum atomic E-state index is -3.31. The molecular formula is C12H21BrN4O3S. The molecule has 0 atom stereocenters. The average molecular weight is 381 g/mol. The summed E-state index contributed by atoms with van der Waals surface area (Å²) in [5, 5.41) is 7.12. The standard InChI is InChI=1S/C12H21BrN4O3S/c1-8(2)17-11(18)10(13)9(6-15-17)14-7-12(3,4)16-21(5,19)20/h6,8,14,16H,7H2,1-5H3. The maximum Gasteiger partial charge on any atom is 0.283 e. The molecule has 0 radical (unpaired) electrons. The van der Waals surface area contributed by atoms with Crippen molar-refractivity contribution in [3.05, 3.63) is 21.0 Å². The molecule has 0 aliphatic rings. The highest BCUT2D eigenvalue weighted by molar-refractivity contribution is 9.10. The van der Waals surface area contributed by atoms with Crippen molar-refractivity contribution in [3.8, 4) is 0 Å². The van der Waals surface area contributed by atoms with Crippen LogP contribution in [0.2, 0.25) is 0 Å². The second kappa shape index (κ2) is 6.45. The number of hydrogen-bond donors (Lipinski definition) is 2. The van der Waals surface area contributed by atoms with E-state index in [2.05, 4.69) is 31.1 Å². The number of sulfonamides is 1. The van der Waals surface area contributed by atoms with Gasteiger partial charge in [0.1, 0.15) is 4.47 Å². The molecule has 1 rings (SSSR count). The van der Waals surface area contributed by atoms with Gasteiger partial charge in [-0.2, -0.15) is 5.10 Å². The van der Waals surface area contributed by atoms with Gasteiger partial charge in [-0.25, -0.2) is 17.8 Å². The quantitative estimate of drug-likeness (QED) is 0.776. The zero-order valence-electron chi connectivity index (χ0n) is 12.8. The van der Waals surface area contributed by atoms with Crippen molar-refractivity contribution in [2.75, 3.05) is 18.1 Å². The maximum absolute atomic E-state index is 12.1. The van der Waals surface area contributed by atoms with E-state index in [4.69, 9.17) is 0 Å². The molecule has 0 aliphatic carbocycles. The molecule has 7 nitrogen and oxygen atoms in total. The summed E-state index contributed by atoms with van der Waals surface area (Å²) in [5.74, 6) is 0. The van der Waals surface area contributed by atoms with Crippen molar-refractivity contribution in [1.82, 2.24) is 14.5 Å². The molecule has 2 N–H and O–H groups in total. The highest BCUT2D eigenvalue weighted by Gasteiger charge is 2.22. The van der Waals surface area contributed by atoms with Gasteiger partial charge in [0, 0.05) is 12.1 Å². The lowest BCUT2D eigenvalue weighted by Crippen LogP contribution is -2.48. The Morgan fingerprint density at radius 1 is 1.43 bits per heavy atom. The number of aromatic nitrogens is 2. The summed E-state index contributed by atoms with van der Waals surface area (Å²) in [6, 6.07) is -0.0359. The highest BCUT2D eigenvalue weighted by Crippen LogP contribution is 2.18. The van der Waals surface area contributed by atoms with Crippen LogP contribution in [-0.2, 0) is 10.0 Å². The Morgan fingerprint density at radius 2 is 2.00 bits per heavy atom. The summed E-state index contributed by atoms with van der Waals surface area (Å²) < 4.78 is 26.8. The molecular weight excluding hydrogens is 360 g/mol. The van der Waals surface area contributed by atoms with Crippen LogP contribution in [-0.4, -0.2) is 36.5 Å². The molecule has 0 saturated carbocycles. The van der Waals surface area contributed by atoms with Crippen molar-refractivity contribution < 1.29 is 8.42 Å². The lowest BCUT2D eigenvalue weighted by atomic mass is 10.1. The summed E-state index contributed by atoms with van der Waals surface area (Å²) in [7, 11) is -3.31. The molecule has 0 spiro atoms. The number of anilines is 1. The second-order valence-corrected chi connectivity index (χ2v) is 8.37. The summed E-state index contributed by atoms with van der Waals surface area (Å²) >= 11 is 3.25. The van der Waals surface area contributed by atoms with E-state index in [0.29, 0.717) is 16.7 Å². The molecule has 0 amide bonds. The first kappa shape index (κ1) is 18.1. The van der Waals surface area contributed by atoms with Crippen LogP contribution in [0.5, 0.6) is 0 Å². The Kier molecular flexibility index (Phi) is 5.57. The van der Waals surface area contributed by atoms with Crippen LogP contribution < -0.4 is 15.6 Å². The van der Waals surface area contributed by atoms with Crippen LogP contribution >= 0.6 is 15.9 Å². The van der Waals surface area contributed by atoms with Gasteiger partial charge in [-0.15, -0.1) is 0 Å². The molecule has 120 valence electrons. The fourth-order valence-corrected chi connectivity index (χ4v) is 3.29. The van der Waals surface area contributed by atoms with Gasteiger partial charge < -0.3 is 5.32 Å². The first-order valence-electron chi connectivity index (χ1n) is 6.43. The van der Waals surface area contributed by atoms with Crippen LogP contribution in [0, 0.1) is 0 Å². The van der Waals surface area contributed by atoms with Crippen LogP contribution in [0.4, 0.5) is 5.69 Å². The molecule has 0 fully saturated rings. The Morgan fingerprint density at radius 3 is 2.48 bits per heavy atom. The fraction of sp³-hybridized carbons (Fsp3) is 0.667. The lowest BCUT2D eigenvalue weighted by molar-refractivity contribution is 0.474. The van der Waals surface area contributed by atoms with Gasteiger partial charge in [-0.1, -0.05) is 0 Å². The smallest absolute Gasteiger partial charge is 0.283 e. The van der Waals surface area contributed by atoms with E-state index < -0.39 is 15.6 Å². The molecule has 1 aromatic rings. The predicted molar refractivity (Wildman–Crippen MR) is 87.1 cm³/mol. The van der Waals surface area contributed by atoms with E-state index in [0.717, 1.165) is 6.26 Å². The Hall–Kier alpha value is -0.930. The van der Waals surface area contributed by atoms with Crippen molar-refractivity contribution in [2.45, 2.75) is 39.3 Å². The number of rotatable bonds is 6. The van der Waals surface area contributed by atoms with Gasteiger partial charge in [-0.05, 0) is 43.6 Å². The van der Waals surface area contributed by atoms with Crippen LogP contribution in [0.15, 0.2) is 15.5 Å². The third kappa shape index (κ3) is 5.40. The summed E-state index contributed by atoms with van der Waals surface area (Å²) in [4.78, 5) is 12.1.